The van der Waals surface area contributed by atoms with E-state index in [0.717, 1.165) is 16.9 Å². The van der Waals surface area contributed by atoms with Gasteiger partial charge in [0.05, 0.1) is 5.69 Å². The van der Waals surface area contributed by atoms with Gasteiger partial charge in [0.2, 0.25) is 0 Å². The second kappa shape index (κ2) is 6.21. The molecule has 0 aliphatic heterocycles. The Labute approximate surface area is 134 Å². The number of rotatable bonds is 3. The zero-order chi connectivity index (χ0) is 16.4. The van der Waals surface area contributed by atoms with Gasteiger partial charge in [0.25, 0.3) is 0 Å². The number of nitrogens with zero attached hydrogens (tertiary/aromatic N) is 1. The fraction of sp³-hybridized carbons (Fsp3) is 0.100. The lowest BCUT2D eigenvalue weighted by Crippen LogP contribution is -2.11. The molecule has 23 heavy (non-hydrogen) atoms. The van der Waals surface area contributed by atoms with E-state index in [4.69, 9.17) is 0 Å². The highest BCUT2D eigenvalue weighted by atomic mass is 19.1. The third kappa shape index (κ3) is 3.09. The van der Waals surface area contributed by atoms with Crippen LogP contribution in [0.25, 0.3) is 0 Å². The van der Waals surface area contributed by atoms with E-state index in [9.17, 15) is 8.78 Å². The van der Waals surface area contributed by atoms with Gasteiger partial charge in [-0.15, -0.1) is 0 Å². The maximum Gasteiger partial charge on any atom is 0.131 e. The molecule has 3 heteroatoms. The second-order valence-corrected chi connectivity index (χ2v) is 5.54. The summed E-state index contributed by atoms with van der Waals surface area (Å²) < 4.78 is 28.1. The Hall–Kier alpha value is -2.68. The monoisotopic (exact) mass is 309 g/mol. The molecular formula is C20H17F2N. The van der Waals surface area contributed by atoms with Gasteiger partial charge < -0.3 is 4.90 Å². The molecule has 1 nitrogen and oxygen atoms in total. The zero-order valence-electron chi connectivity index (χ0n) is 13.1. The van der Waals surface area contributed by atoms with Crippen molar-refractivity contribution in [1.82, 2.24) is 0 Å². The summed E-state index contributed by atoms with van der Waals surface area (Å²) >= 11 is 0. The minimum absolute atomic E-state index is 0.0330. The van der Waals surface area contributed by atoms with E-state index in [-0.39, 0.29) is 5.56 Å². The molecule has 0 spiro atoms. The fourth-order valence-corrected chi connectivity index (χ4v) is 2.48. The van der Waals surface area contributed by atoms with Crippen molar-refractivity contribution in [2.45, 2.75) is 13.8 Å². The smallest absolute Gasteiger partial charge is 0.131 e. The molecule has 0 saturated heterocycles. The highest BCUT2D eigenvalue weighted by Crippen LogP contribution is 2.35. The highest BCUT2D eigenvalue weighted by Gasteiger charge is 2.16. The van der Waals surface area contributed by atoms with Crippen LogP contribution in [0, 0.1) is 25.5 Å². The number of para-hydroxylation sites is 1. The van der Waals surface area contributed by atoms with Crippen LogP contribution in [0.15, 0.2) is 66.7 Å². The third-order valence-electron chi connectivity index (χ3n) is 3.83. The van der Waals surface area contributed by atoms with Crippen LogP contribution in [-0.2, 0) is 0 Å². The van der Waals surface area contributed by atoms with Gasteiger partial charge in [-0.1, -0.05) is 35.9 Å². The first kappa shape index (κ1) is 15.2. The summed E-state index contributed by atoms with van der Waals surface area (Å²) in [6.45, 7) is 3.44. The predicted octanol–water partition coefficient (Wildman–Crippen LogP) is 6.05. The second-order valence-electron chi connectivity index (χ2n) is 5.54. The molecule has 0 saturated carbocycles. The van der Waals surface area contributed by atoms with Gasteiger partial charge in [-0.3, -0.25) is 0 Å². The molecule has 3 rings (SSSR count). The van der Waals surface area contributed by atoms with Gasteiger partial charge >= 0.3 is 0 Å². The minimum atomic E-state index is -0.548. The molecule has 0 bridgehead atoms. The Balaban J connectivity index is 2.18. The Kier molecular flexibility index (Phi) is 4.11. The standard InChI is InChI=1S/C20H17F2N/c1-14-8-10-17(11-9-14)23(16-6-4-3-5-7-16)18-12-19(21)15(2)20(22)13-18/h3-13H,1-2H3. The maximum absolute atomic E-state index is 14.0. The first-order valence-corrected chi connectivity index (χ1v) is 7.44. The van der Waals surface area contributed by atoms with Crippen molar-refractivity contribution in [3.05, 3.63) is 89.5 Å². The van der Waals surface area contributed by atoms with Crippen molar-refractivity contribution in [3.63, 3.8) is 0 Å². The molecule has 0 atom stereocenters. The molecule has 0 unspecified atom stereocenters. The molecule has 116 valence electrons. The van der Waals surface area contributed by atoms with E-state index < -0.39 is 11.6 Å². The van der Waals surface area contributed by atoms with E-state index in [1.54, 1.807) is 0 Å². The fourth-order valence-electron chi connectivity index (χ4n) is 2.48. The minimum Gasteiger partial charge on any atom is -0.310 e. The average molecular weight is 309 g/mol. The Morgan fingerprint density at radius 1 is 0.652 bits per heavy atom. The number of hydrogen-bond acceptors (Lipinski definition) is 1. The van der Waals surface area contributed by atoms with Crippen molar-refractivity contribution in [2.24, 2.45) is 0 Å². The lowest BCUT2D eigenvalue weighted by Gasteiger charge is -2.26. The van der Waals surface area contributed by atoms with Crippen molar-refractivity contribution in [1.29, 1.82) is 0 Å². The number of halogens is 2. The van der Waals surface area contributed by atoms with Crippen molar-refractivity contribution < 1.29 is 8.78 Å². The Bertz CT molecular complexity index is 788. The summed E-state index contributed by atoms with van der Waals surface area (Å²) in [6.07, 6.45) is 0. The number of hydrogen-bond donors (Lipinski definition) is 0. The lowest BCUT2D eigenvalue weighted by molar-refractivity contribution is 0.568. The molecule has 0 radical (unpaired) electrons. The van der Waals surface area contributed by atoms with Crippen molar-refractivity contribution in [2.75, 3.05) is 4.90 Å². The number of anilines is 3. The van der Waals surface area contributed by atoms with Crippen LogP contribution in [0.3, 0.4) is 0 Å². The lowest BCUT2D eigenvalue weighted by atomic mass is 10.1. The van der Waals surface area contributed by atoms with E-state index in [1.807, 2.05) is 66.4 Å². The molecule has 3 aromatic carbocycles. The van der Waals surface area contributed by atoms with Gasteiger partial charge in [-0.25, -0.2) is 8.78 Å². The van der Waals surface area contributed by atoms with Gasteiger partial charge in [0, 0.05) is 16.9 Å². The molecule has 0 aliphatic carbocycles. The Morgan fingerprint density at radius 2 is 1.17 bits per heavy atom. The third-order valence-corrected chi connectivity index (χ3v) is 3.83. The van der Waals surface area contributed by atoms with E-state index >= 15 is 0 Å². The van der Waals surface area contributed by atoms with Gasteiger partial charge in [-0.2, -0.15) is 0 Å². The zero-order valence-corrected chi connectivity index (χ0v) is 13.1. The van der Waals surface area contributed by atoms with Crippen molar-refractivity contribution in [3.8, 4) is 0 Å². The van der Waals surface area contributed by atoms with Crippen LogP contribution in [0.2, 0.25) is 0 Å². The summed E-state index contributed by atoms with van der Waals surface area (Å²) in [6, 6.07) is 20.1. The molecule has 0 amide bonds. The van der Waals surface area contributed by atoms with E-state index in [0.29, 0.717) is 5.69 Å². The summed E-state index contributed by atoms with van der Waals surface area (Å²) in [7, 11) is 0. The van der Waals surface area contributed by atoms with Crippen LogP contribution < -0.4 is 4.90 Å². The van der Waals surface area contributed by atoms with E-state index in [2.05, 4.69) is 0 Å². The molecule has 0 fully saturated rings. The average Bonchev–Trinajstić information content (AvgIpc) is 2.55. The first-order valence-electron chi connectivity index (χ1n) is 7.44. The summed E-state index contributed by atoms with van der Waals surface area (Å²) in [4.78, 5) is 1.84. The first-order chi connectivity index (χ1) is 11.1. The van der Waals surface area contributed by atoms with Crippen molar-refractivity contribution >= 4 is 17.1 Å². The molecule has 0 aliphatic rings. The van der Waals surface area contributed by atoms with Gasteiger partial charge in [0.15, 0.2) is 0 Å². The highest BCUT2D eigenvalue weighted by molar-refractivity contribution is 5.76. The van der Waals surface area contributed by atoms with Crippen LogP contribution in [0.5, 0.6) is 0 Å². The quantitative estimate of drug-likeness (QED) is 0.569. The number of benzene rings is 3. The predicted molar refractivity (Wildman–Crippen MR) is 90.5 cm³/mol. The van der Waals surface area contributed by atoms with Crippen LogP contribution in [0.1, 0.15) is 11.1 Å². The van der Waals surface area contributed by atoms with Gasteiger partial charge in [-0.05, 0) is 50.2 Å². The normalized spacial score (nSPS) is 10.6. The topological polar surface area (TPSA) is 3.24 Å². The molecule has 3 aromatic rings. The molecule has 0 N–H and O–H groups in total. The van der Waals surface area contributed by atoms with Crippen LogP contribution in [0.4, 0.5) is 25.8 Å². The molecule has 0 aromatic heterocycles. The summed E-state index contributed by atoms with van der Waals surface area (Å²) in [5.74, 6) is -1.10. The Morgan fingerprint density at radius 3 is 1.74 bits per heavy atom. The van der Waals surface area contributed by atoms with Crippen LogP contribution >= 0.6 is 0 Å². The number of aryl methyl sites for hydroxylation is 1. The molecule has 0 heterocycles. The molecular weight excluding hydrogens is 292 g/mol. The van der Waals surface area contributed by atoms with Crippen LogP contribution in [-0.4, -0.2) is 0 Å². The summed E-state index contributed by atoms with van der Waals surface area (Å²) in [5.41, 5.74) is 3.32. The van der Waals surface area contributed by atoms with E-state index in [1.165, 1.54) is 19.1 Å². The maximum atomic E-state index is 14.0. The largest absolute Gasteiger partial charge is 0.310 e. The SMILES string of the molecule is Cc1ccc(N(c2ccccc2)c2cc(F)c(C)c(F)c2)cc1. The summed E-state index contributed by atoms with van der Waals surface area (Å²) in [5, 5.41) is 0. The van der Waals surface area contributed by atoms with Gasteiger partial charge in [0.1, 0.15) is 11.6 Å².